The number of imide groups is 1. The van der Waals surface area contributed by atoms with Gasteiger partial charge < -0.3 is 0 Å². The minimum atomic E-state index is -0.265. The van der Waals surface area contributed by atoms with Crippen LogP contribution < -0.4 is 0 Å². The molecule has 0 unspecified atom stereocenters. The number of benzene rings is 3. The van der Waals surface area contributed by atoms with Crippen LogP contribution in [0.5, 0.6) is 0 Å². The second kappa shape index (κ2) is 8.47. The lowest BCUT2D eigenvalue weighted by atomic mass is 9.92. The maximum Gasteiger partial charge on any atom is 0.261 e. The average molecular weight is 464 g/mol. The molecule has 35 heavy (non-hydrogen) atoms. The molecule has 0 atom stereocenters. The topological polar surface area (TPSA) is 55.2 Å². The molecular formula is C29H22FN3O2. The maximum atomic E-state index is 13.4. The van der Waals surface area contributed by atoms with E-state index in [1.54, 1.807) is 36.4 Å². The molecule has 5 nitrogen and oxygen atoms in total. The van der Waals surface area contributed by atoms with Crippen LogP contribution in [0.3, 0.4) is 0 Å². The lowest BCUT2D eigenvalue weighted by Crippen LogP contribution is -2.30. The molecule has 3 aromatic carbocycles. The van der Waals surface area contributed by atoms with Gasteiger partial charge in [0.05, 0.1) is 28.7 Å². The number of aryl methyl sites for hydroxylation is 1. The molecule has 0 bridgehead atoms. The second-order valence-corrected chi connectivity index (χ2v) is 8.84. The largest absolute Gasteiger partial charge is 0.270 e. The molecule has 172 valence electrons. The van der Waals surface area contributed by atoms with Crippen LogP contribution in [0.25, 0.3) is 22.4 Å². The fourth-order valence-corrected chi connectivity index (χ4v) is 4.96. The summed E-state index contributed by atoms with van der Waals surface area (Å²) in [4.78, 5) is 26.9. The van der Waals surface area contributed by atoms with Crippen LogP contribution in [-0.2, 0) is 6.42 Å². The molecule has 0 N–H and O–H groups in total. The van der Waals surface area contributed by atoms with Gasteiger partial charge in [-0.3, -0.25) is 14.5 Å². The fraction of sp³-hybridized carbons (Fsp3) is 0.138. The van der Waals surface area contributed by atoms with Gasteiger partial charge in [-0.05, 0) is 77.9 Å². The van der Waals surface area contributed by atoms with Crippen molar-refractivity contribution in [2.75, 3.05) is 6.54 Å². The molecule has 6 rings (SSSR count). The first-order valence-corrected chi connectivity index (χ1v) is 11.7. The van der Waals surface area contributed by atoms with Crippen molar-refractivity contribution in [1.29, 1.82) is 0 Å². The molecule has 2 amide bonds. The summed E-state index contributed by atoms with van der Waals surface area (Å²) in [6.45, 7) is 0.224. The van der Waals surface area contributed by atoms with Crippen molar-refractivity contribution in [3.05, 3.63) is 113 Å². The first kappa shape index (κ1) is 21.2. The molecule has 4 aromatic rings. The van der Waals surface area contributed by atoms with E-state index in [0.717, 1.165) is 52.9 Å². The SMILES string of the molecule is O=C1c2ccccc2C(=O)N1C/C=C1\CCCc2cnn(-c3cccc(-c4ccc(F)cc4)c3)c21. The van der Waals surface area contributed by atoms with E-state index < -0.39 is 0 Å². The molecule has 0 spiro atoms. The van der Waals surface area contributed by atoms with E-state index in [-0.39, 0.29) is 24.2 Å². The zero-order chi connectivity index (χ0) is 23.9. The van der Waals surface area contributed by atoms with Crippen molar-refractivity contribution in [2.24, 2.45) is 0 Å². The Morgan fingerprint density at radius 1 is 0.857 bits per heavy atom. The average Bonchev–Trinajstić information content (AvgIpc) is 3.43. The number of halogens is 1. The molecule has 2 aliphatic rings. The Morgan fingerprint density at radius 2 is 1.60 bits per heavy atom. The van der Waals surface area contributed by atoms with E-state index in [1.165, 1.54) is 17.0 Å². The van der Waals surface area contributed by atoms with E-state index in [4.69, 9.17) is 0 Å². The van der Waals surface area contributed by atoms with Crippen LogP contribution in [0.15, 0.2) is 85.1 Å². The standard InChI is InChI=1S/C29H22FN3O2/c30-23-13-11-19(12-14-23)21-6-4-8-24(17-21)33-27-20(5-3-7-22(27)18-31-33)15-16-32-28(34)25-9-1-2-10-26(25)29(32)35/h1-2,4,6,8-15,17-18H,3,5,7,16H2/b20-15+. The van der Waals surface area contributed by atoms with Crippen LogP contribution in [0.4, 0.5) is 4.39 Å². The highest BCUT2D eigenvalue weighted by atomic mass is 19.1. The van der Waals surface area contributed by atoms with E-state index in [9.17, 15) is 14.0 Å². The summed E-state index contributed by atoms with van der Waals surface area (Å²) in [5.41, 5.74) is 6.97. The van der Waals surface area contributed by atoms with Crippen LogP contribution in [0, 0.1) is 5.82 Å². The minimum Gasteiger partial charge on any atom is -0.270 e. The van der Waals surface area contributed by atoms with Gasteiger partial charge in [0.1, 0.15) is 5.82 Å². The first-order valence-electron chi connectivity index (χ1n) is 11.7. The smallest absolute Gasteiger partial charge is 0.261 e. The molecule has 0 saturated carbocycles. The lowest BCUT2D eigenvalue weighted by molar-refractivity contribution is 0.0672. The normalized spacial score (nSPS) is 16.0. The van der Waals surface area contributed by atoms with E-state index >= 15 is 0 Å². The Bertz CT molecular complexity index is 1470. The van der Waals surface area contributed by atoms with E-state index in [2.05, 4.69) is 5.10 Å². The molecule has 1 aromatic heterocycles. The number of fused-ring (bicyclic) bond motifs is 2. The van der Waals surface area contributed by atoms with Gasteiger partial charge in [-0.2, -0.15) is 5.10 Å². The van der Waals surface area contributed by atoms with Crippen molar-refractivity contribution >= 4 is 17.4 Å². The predicted molar refractivity (Wildman–Crippen MR) is 132 cm³/mol. The van der Waals surface area contributed by atoms with Crippen molar-refractivity contribution < 1.29 is 14.0 Å². The third-order valence-electron chi connectivity index (χ3n) is 6.71. The van der Waals surface area contributed by atoms with E-state index in [0.29, 0.717) is 11.1 Å². The zero-order valence-electron chi connectivity index (χ0n) is 18.9. The van der Waals surface area contributed by atoms with Gasteiger partial charge in [0.15, 0.2) is 0 Å². The minimum absolute atomic E-state index is 0.224. The summed E-state index contributed by atoms with van der Waals surface area (Å²) in [5.74, 6) is -0.767. The number of carbonyl (C=O) groups is 2. The summed E-state index contributed by atoms with van der Waals surface area (Å²) in [5, 5.41) is 4.68. The quantitative estimate of drug-likeness (QED) is 0.365. The number of rotatable bonds is 4. The van der Waals surface area contributed by atoms with Crippen molar-refractivity contribution in [1.82, 2.24) is 14.7 Å². The third-order valence-corrected chi connectivity index (χ3v) is 6.71. The van der Waals surface area contributed by atoms with E-state index in [1.807, 2.05) is 41.2 Å². The number of hydrogen-bond acceptors (Lipinski definition) is 3. The number of nitrogens with zero attached hydrogens (tertiary/aromatic N) is 3. The molecule has 0 saturated heterocycles. The highest BCUT2D eigenvalue weighted by molar-refractivity contribution is 6.21. The molecule has 6 heteroatoms. The Hall–Kier alpha value is -4.32. The van der Waals surface area contributed by atoms with Gasteiger partial charge in [-0.25, -0.2) is 9.07 Å². The summed E-state index contributed by atoms with van der Waals surface area (Å²) in [7, 11) is 0. The van der Waals surface area contributed by atoms with Gasteiger partial charge in [0, 0.05) is 6.54 Å². The van der Waals surface area contributed by atoms with Gasteiger partial charge in [0.2, 0.25) is 0 Å². The lowest BCUT2D eigenvalue weighted by Gasteiger charge is -2.20. The summed E-state index contributed by atoms with van der Waals surface area (Å²) < 4.78 is 15.3. The molecule has 1 aliphatic carbocycles. The molecule has 0 radical (unpaired) electrons. The monoisotopic (exact) mass is 463 g/mol. The maximum absolute atomic E-state index is 13.4. The van der Waals surface area contributed by atoms with Crippen LogP contribution >= 0.6 is 0 Å². The van der Waals surface area contributed by atoms with Gasteiger partial charge >= 0.3 is 0 Å². The highest BCUT2D eigenvalue weighted by Gasteiger charge is 2.34. The molecule has 0 fully saturated rings. The van der Waals surface area contributed by atoms with Crippen LogP contribution in [0.1, 0.15) is 44.8 Å². The molecular weight excluding hydrogens is 441 g/mol. The Labute approximate surface area is 202 Å². The van der Waals surface area contributed by atoms with Crippen molar-refractivity contribution in [3.8, 4) is 16.8 Å². The highest BCUT2D eigenvalue weighted by Crippen LogP contribution is 2.34. The van der Waals surface area contributed by atoms with Crippen LogP contribution in [-0.4, -0.2) is 33.0 Å². The first-order chi connectivity index (χ1) is 17.1. The zero-order valence-corrected chi connectivity index (χ0v) is 18.9. The summed E-state index contributed by atoms with van der Waals surface area (Å²) >= 11 is 0. The summed E-state index contributed by atoms with van der Waals surface area (Å²) in [6.07, 6.45) is 6.65. The van der Waals surface area contributed by atoms with Crippen molar-refractivity contribution in [2.45, 2.75) is 19.3 Å². The molecule has 1 aliphatic heterocycles. The summed E-state index contributed by atoms with van der Waals surface area (Å²) in [6, 6.07) is 21.4. The van der Waals surface area contributed by atoms with Gasteiger partial charge in [-0.15, -0.1) is 0 Å². The Morgan fingerprint density at radius 3 is 2.34 bits per heavy atom. The third kappa shape index (κ3) is 3.67. The number of hydrogen-bond donors (Lipinski definition) is 0. The molecule has 2 heterocycles. The number of aromatic nitrogens is 2. The van der Waals surface area contributed by atoms with Gasteiger partial charge in [-0.1, -0.05) is 42.5 Å². The van der Waals surface area contributed by atoms with Gasteiger partial charge in [0.25, 0.3) is 11.8 Å². The predicted octanol–water partition coefficient (Wildman–Crippen LogP) is 5.69. The van der Waals surface area contributed by atoms with Crippen LogP contribution in [0.2, 0.25) is 0 Å². The number of allylic oxidation sites excluding steroid dienone is 1. The fourth-order valence-electron chi connectivity index (χ4n) is 4.96. The second-order valence-electron chi connectivity index (χ2n) is 8.84. The Kier molecular flexibility index (Phi) is 5.14. The number of amides is 2. The van der Waals surface area contributed by atoms with Crippen molar-refractivity contribution in [3.63, 3.8) is 0 Å². The number of carbonyl (C=O) groups excluding carboxylic acids is 2. The Balaban J connectivity index is 1.33.